The molecule has 11 heteroatoms. The number of nitrogens with zero attached hydrogens (tertiary/aromatic N) is 4. The van der Waals surface area contributed by atoms with Gasteiger partial charge >= 0.3 is 5.76 Å². The van der Waals surface area contributed by atoms with E-state index < -0.39 is 26.4 Å². The summed E-state index contributed by atoms with van der Waals surface area (Å²) in [5.74, 6) is -3.96. The lowest BCUT2D eigenvalue weighted by Gasteiger charge is -2.22. The molecule has 0 bridgehead atoms. The highest BCUT2D eigenvalue weighted by Crippen LogP contribution is 2.28. The Morgan fingerprint density at radius 2 is 1.93 bits per heavy atom. The van der Waals surface area contributed by atoms with Crippen LogP contribution in [0.5, 0.6) is 0 Å². The van der Waals surface area contributed by atoms with Crippen LogP contribution in [0.25, 0.3) is 0 Å². The van der Waals surface area contributed by atoms with Crippen molar-refractivity contribution in [1.29, 1.82) is 0 Å². The second-order valence-electron chi connectivity index (χ2n) is 6.32. The number of tetrazole rings is 1. The van der Waals surface area contributed by atoms with Gasteiger partial charge in [0.05, 0.1) is 23.0 Å². The number of carbonyl (C=O) groups is 1. The van der Waals surface area contributed by atoms with Crippen LogP contribution in [0.4, 0.5) is 8.78 Å². The van der Waals surface area contributed by atoms with Crippen LogP contribution in [0.3, 0.4) is 0 Å². The second-order valence-corrected chi connectivity index (χ2v) is 8.20. The van der Waals surface area contributed by atoms with Gasteiger partial charge < -0.3 is 5.32 Å². The van der Waals surface area contributed by atoms with Gasteiger partial charge in [-0.05, 0) is 35.4 Å². The van der Waals surface area contributed by atoms with Crippen molar-refractivity contribution in [2.75, 3.05) is 0 Å². The number of benzene rings is 1. The van der Waals surface area contributed by atoms with E-state index in [1.807, 2.05) is 0 Å². The highest BCUT2D eigenvalue weighted by atomic mass is 32.2. The summed E-state index contributed by atoms with van der Waals surface area (Å²) in [6.07, 6.45) is 5.22. The van der Waals surface area contributed by atoms with Gasteiger partial charge in [-0.3, -0.25) is 4.79 Å². The number of amides is 1. The Balaban J connectivity index is 1.76. The number of halogens is 2. The van der Waals surface area contributed by atoms with Gasteiger partial charge in [-0.2, -0.15) is 8.78 Å². The van der Waals surface area contributed by atoms with E-state index in [4.69, 9.17) is 0 Å². The first kappa shape index (κ1) is 19.3. The van der Waals surface area contributed by atoms with Crippen LogP contribution in [0, 0.1) is 0 Å². The highest BCUT2D eigenvalue weighted by molar-refractivity contribution is 7.91. The molecule has 1 saturated carbocycles. The van der Waals surface area contributed by atoms with Crippen LogP contribution >= 0.6 is 0 Å². The number of alkyl halides is 2. The number of hydrogen-bond acceptors (Lipinski definition) is 6. The topological polar surface area (TPSA) is 107 Å². The minimum absolute atomic E-state index is 0.0363. The SMILES string of the molecule is O=C(NCc1nnnn1C1CCCCC1)c1ccccc1S(=O)(=O)C(F)F. The first-order chi connectivity index (χ1) is 12.9. The van der Waals surface area contributed by atoms with Gasteiger partial charge in [-0.25, -0.2) is 13.1 Å². The fourth-order valence-corrected chi connectivity index (χ4v) is 4.12. The molecule has 0 unspecified atom stereocenters. The highest BCUT2D eigenvalue weighted by Gasteiger charge is 2.31. The molecule has 1 aromatic heterocycles. The van der Waals surface area contributed by atoms with E-state index in [1.165, 1.54) is 24.6 Å². The third-order valence-corrected chi connectivity index (χ3v) is 6.00. The summed E-state index contributed by atoms with van der Waals surface area (Å²) in [6.45, 7) is -0.0363. The molecule has 8 nitrogen and oxygen atoms in total. The van der Waals surface area contributed by atoms with Gasteiger partial charge in [0.25, 0.3) is 5.91 Å². The number of sulfone groups is 1. The maximum Gasteiger partial charge on any atom is 0.341 e. The van der Waals surface area contributed by atoms with Crippen molar-refractivity contribution in [1.82, 2.24) is 25.5 Å². The molecular weight excluding hydrogens is 380 g/mol. The van der Waals surface area contributed by atoms with Gasteiger partial charge in [0.15, 0.2) is 5.82 Å². The van der Waals surface area contributed by atoms with Crippen LogP contribution in [0.1, 0.15) is 54.3 Å². The van der Waals surface area contributed by atoms with Crippen LogP contribution in [0.2, 0.25) is 0 Å². The molecule has 1 N–H and O–H groups in total. The lowest BCUT2D eigenvalue weighted by molar-refractivity contribution is 0.0945. The molecule has 1 aromatic carbocycles. The number of rotatable bonds is 6. The van der Waals surface area contributed by atoms with Gasteiger partial charge in [-0.15, -0.1) is 5.10 Å². The maximum atomic E-state index is 12.9. The van der Waals surface area contributed by atoms with Gasteiger partial charge in [-0.1, -0.05) is 31.4 Å². The van der Waals surface area contributed by atoms with Crippen molar-refractivity contribution in [3.8, 4) is 0 Å². The van der Waals surface area contributed by atoms with Crippen molar-refractivity contribution in [3.05, 3.63) is 35.7 Å². The first-order valence-electron chi connectivity index (χ1n) is 8.57. The molecule has 3 rings (SSSR count). The molecule has 1 aliphatic carbocycles. The number of hydrogen-bond donors (Lipinski definition) is 1. The Labute approximate surface area is 154 Å². The minimum Gasteiger partial charge on any atom is -0.345 e. The quantitative estimate of drug-likeness (QED) is 0.797. The Hall–Kier alpha value is -2.43. The zero-order valence-electron chi connectivity index (χ0n) is 14.4. The lowest BCUT2D eigenvalue weighted by atomic mass is 9.95. The molecule has 146 valence electrons. The number of nitrogens with one attached hydrogen (secondary N) is 1. The van der Waals surface area contributed by atoms with E-state index in [2.05, 4.69) is 20.8 Å². The van der Waals surface area contributed by atoms with E-state index >= 15 is 0 Å². The summed E-state index contributed by atoms with van der Waals surface area (Å²) in [5.41, 5.74) is -0.338. The van der Waals surface area contributed by atoms with Crippen molar-refractivity contribution in [2.45, 2.75) is 55.3 Å². The fraction of sp³-hybridized carbons (Fsp3) is 0.500. The average Bonchev–Trinajstić information content (AvgIpc) is 3.15. The molecule has 1 amide bonds. The van der Waals surface area contributed by atoms with Crippen LogP contribution in [0.15, 0.2) is 29.2 Å². The van der Waals surface area contributed by atoms with Gasteiger partial charge in [0.2, 0.25) is 9.84 Å². The standard InChI is InChI=1S/C16H19F2N5O3S/c17-16(18)27(25,26)13-9-5-4-8-12(13)15(24)19-10-14-20-21-22-23(14)11-6-2-1-3-7-11/h4-5,8-9,11,16H,1-3,6-7,10H2,(H,19,24). The normalized spacial score (nSPS) is 15.8. The largest absolute Gasteiger partial charge is 0.345 e. The van der Waals surface area contributed by atoms with Crippen LogP contribution in [-0.4, -0.2) is 40.3 Å². The van der Waals surface area contributed by atoms with Crippen LogP contribution in [-0.2, 0) is 16.4 Å². The predicted octanol–water partition coefficient (Wildman–Crippen LogP) is 2.10. The average molecular weight is 399 g/mol. The van der Waals surface area contributed by atoms with Gasteiger partial charge in [0, 0.05) is 0 Å². The Bertz CT molecular complexity index is 910. The Kier molecular flexibility index (Phi) is 5.78. The first-order valence-corrected chi connectivity index (χ1v) is 10.1. The third kappa shape index (κ3) is 4.12. The zero-order valence-corrected chi connectivity index (χ0v) is 15.2. The van der Waals surface area contributed by atoms with E-state index in [0.717, 1.165) is 31.7 Å². The molecule has 2 aromatic rings. The molecule has 1 aliphatic rings. The van der Waals surface area contributed by atoms with Crippen LogP contribution < -0.4 is 5.32 Å². The number of aromatic nitrogens is 4. The molecule has 0 atom stereocenters. The molecule has 0 radical (unpaired) electrons. The molecular formula is C16H19F2N5O3S. The molecule has 0 saturated heterocycles. The maximum absolute atomic E-state index is 12.9. The summed E-state index contributed by atoms with van der Waals surface area (Å²) in [4.78, 5) is 11.7. The van der Waals surface area contributed by atoms with Crippen molar-refractivity contribution in [2.24, 2.45) is 0 Å². The summed E-state index contributed by atoms with van der Waals surface area (Å²) in [5, 5.41) is 14.1. The van der Waals surface area contributed by atoms with E-state index in [0.29, 0.717) is 5.82 Å². The van der Waals surface area contributed by atoms with Gasteiger partial charge in [0.1, 0.15) is 0 Å². The summed E-state index contributed by atoms with van der Waals surface area (Å²) < 4.78 is 51.0. The van der Waals surface area contributed by atoms with E-state index in [-0.39, 0.29) is 18.2 Å². The predicted molar refractivity (Wildman–Crippen MR) is 90.7 cm³/mol. The molecule has 1 heterocycles. The number of carbonyl (C=O) groups excluding carboxylic acids is 1. The third-order valence-electron chi connectivity index (χ3n) is 4.56. The lowest BCUT2D eigenvalue weighted by Crippen LogP contribution is -2.28. The summed E-state index contributed by atoms with van der Waals surface area (Å²) >= 11 is 0. The van der Waals surface area contributed by atoms with Crippen molar-refractivity contribution < 1.29 is 22.0 Å². The second kappa shape index (κ2) is 8.07. The van der Waals surface area contributed by atoms with Crippen molar-refractivity contribution in [3.63, 3.8) is 0 Å². The zero-order chi connectivity index (χ0) is 19.4. The van der Waals surface area contributed by atoms with E-state index in [9.17, 15) is 22.0 Å². The molecule has 1 fully saturated rings. The minimum atomic E-state index is -4.89. The summed E-state index contributed by atoms with van der Waals surface area (Å²) in [7, 11) is -4.89. The summed E-state index contributed by atoms with van der Waals surface area (Å²) in [6, 6.07) is 5.03. The molecule has 27 heavy (non-hydrogen) atoms. The molecule has 0 aliphatic heterocycles. The molecule has 0 spiro atoms. The van der Waals surface area contributed by atoms with E-state index in [1.54, 1.807) is 4.68 Å². The Morgan fingerprint density at radius 3 is 2.63 bits per heavy atom. The monoisotopic (exact) mass is 399 g/mol. The van der Waals surface area contributed by atoms with Crippen molar-refractivity contribution >= 4 is 15.7 Å². The smallest absolute Gasteiger partial charge is 0.341 e. The fourth-order valence-electron chi connectivity index (χ4n) is 3.19. The Morgan fingerprint density at radius 1 is 1.22 bits per heavy atom.